The van der Waals surface area contributed by atoms with Crippen molar-refractivity contribution in [1.82, 2.24) is 0 Å². The van der Waals surface area contributed by atoms with Gasteiger partial charge >= 0.3 is 5.97 Å². The van der Waals surface area contributed by atoms with Crippen molar-refractivity contribution in [2.75, 3.05) is 16.8 Å². The summed E-state index contributed by atoms with van der Waals surface area (Å²) in [5.41, 5.74) is 3.68. The molecule has 0 radical (unpaired) electrons. The minimum atomic E-state index is -0.725. The summed E-state index contributed by atoms with van der Waals surface area (Å²) in [6.45, 7) is 7.73. The Kier molecular flexibility index (Phi) is 8.47. The lowest BCUT2D eigenvalue weighted by molar-refractivity contribution is -0.137. The summed E-state index contributed by atoms with van der Waals surface area (Å²) in [6, 6.07) is 7.86. The van der Waals surface area contributed by atoms with Gasteiger partial charge in [-0.3, -0.25) is 4.79 Å². The number of carboxylic acid groups (broad SMARTS) is 1. The summed E-state index contributed by atoms with van der Waals surface area (Å²) in [6.07, 6.45) is 13.2. The van der Waals surface area contributed by atoms with Crippen molar-refractivity contribution < 1.29 is 9.90 Å². The smallest absolute Gasteiger partial charge is 0.303 e. The van der Waals surface area contributed by atoms with Crippen LogP contribution in [0.15, 0.2) is 18.2 Å². The highest BCUT2D eigenvalue weighted by molar-refractivity contribution is 5.73. The summed E-state index contributed by atoms with van der Waals surface area (Å²) in [5, 5.41) is 13.2. The van der Waals surface area contributed by atoms with Crippen LogP contribution in [0.1, 0.15) is 103 Å². The van der Waals surface area contributed by atoms with Gasteiger partial charge in [-0.25, -0.2) is 0 Å². The Labute approximate surface area is 183 Å². The lowest BCUT2D eigenvalue weighted by atomic mass is 9.91. The van der Waals surface area contributed by atoms with E-state index in [-0.39, 0.29) is 12.3 Å². The number of carbonyl (C=O) groups is 1. The van der Waals surface area contributed by atoms with Crippen molar-refractivity contribution in [3.63, 3.8) is 0 Å². The van der Waals surface area contributed by atoms with Gasteiger partial charge in [0, 0.05) is 18.6 Å². The second kappa shape index (κ2) is 11.1. The van der Waals surface area contributed by atoms with E-state index >= 15 is 0 Å². The molecule has 0 bridgehead atoms. The molecule has 0 saturated heterocycles. The van der Waals surface area contributed by atoms with E-state index in [1.54, 1.807) is 0 Å². The highest BCUT2D eigenvalue weighted by atomic mass is 16.4. The fraction of sp³-hybridized carbons (Fsp3) is 0.731. The number of rotatable bonds is 9. The van der Waals surface area contributed by atoms with Gasteiger partial charge < -0.3 is 15.3 Å². The van der Waals surface area contributed by atoms with E-state index in [0.717, 1.165) is 12.1 Å². The standard InChI is InChI=1S/C26H42N2O2/c1-19(2)18-28(23-12-8-5-9-13-23)25-15-14-21(20(3)16-26(29)30)17-24(25)27-22-10-6-4-7-11-22/h14-15,17,19-20,22-23,27H,4-13,16,18H2,1-3H3,(H,29,30)/t20-/m1/s1. The zero-order valence-corrected chi connectivity index (χ0v) is 19.3. The molecule has 0 aliphatic heterocycles. The molecular formula is C26H42N2O2. The van der Waals surface area contributed by atoms with Crippen molar-refractivity contribution in [3.8, 4) is 0 Å². The predicted octanol–water partition coefficient (Wildman–Crippen LogP) is 6.80. The number of benzene rings is 1. The third-order valence-corrected chi connectivity index (χ3v) is 6.92. The fourth-order valence-electron chi connectivity index (χ4n) is 5.30. The molecule has 0 aromatic heterocycles. The van der Waals surface area contributed by atoms with Gasteiger partial charge in [0.1, 0.15) is 0 Å². The molecule has 2 saturated carbocycles. The number of nitrogens with one attached hydrogen (secondary N) is 1. The molecule has 2 aliphatic carbocycles. The van der Waals surface area contributed by atoms with Crippen LogP contribution >= 0.6 is 0 Å². The number of nitrogens with zero attached hydrogens (tertiary/aromatic N) is 1. The first kappa shape index (κ1) is 23.0. The molecule has 4 heteroatoms. The quantitative estimate of drug-likeness (QED) is 0.466. The largest absolute Gasteiger partial charge is 0.481 e. The molecule has 1 atom stereocenters. The molecule has 3 rings (SSSR count). The van der Waals surface area contributed by atoms with Crippen molar-refractivity contribution in [3.05, 3.63) is 23.8 Å². The maximum Gasteiger partial charge on any atom is 0.303 e. The summed E-state index contributed by atoms with van der Waals surface area (Å²) < 4.78 is 0. The average Bonchev–Trinajstić information content (AvgIpc) is 2.73. The first-order valence-electron chi connectivity index (χ1n) is 12.3. The van der Waals surface area contributed by atoms with Gasteiger partial charge in [0.05, 0.1) is 17.8 Å². The van der Waals surface area contributed by atoms with Crippen molar-refractivity contribution in [2.45, 2.75) is 109 Å². The van der Waals surface area contributed by atoms with Crippen LogP contribution in [0.2, 0.25) is 0 Å². The van der Waals surface area contributed by atoms with Crippen LogP contribution in [0.5, 0.6) is 0 Å². The van der Waals surface area contributed by atoms with Crippen LogP contribution in [0.4, 0.5) is 11.4 Å². The summed E-state index contributed by atoms with van der Waals surface area (Å²) >= 11 is 0. The molecule has 1 aromatic rings. The summed E-state index contributed by atoms with van der Waals surface area (Å²) in [4.78, 5) is 13.9. The van der Waals surface area contributed by atoms with Crippen LogP contribution in [-0.2, 0) is 4.79 Å². The Hall–Kier alpha value is -1.71. The molecule has 168 valence electrons. The highest BCUT2D eigenvalue weighted by Gasteiger charge is 2.26. The number of hydrogen-bond acceptors (Lipinski definition) is 3. The monoisotopic (exact) mass is 414 g/mol. The number of carboxylic acids is 1. The topological polar surface area (TPSA) is 52.6 Å². The van der Waals surface area contributed by atoms with E-state index in [2.05, 4.69) is 42.3 Å². The molecule has 30 heavy (non-hydrogen) atoms. The Morgan fingerprint density at radius 3 is 2.27 bits per heavy atom. The van der Waals surface area contributed by atoms with Crippen LogP contribution in [0, 0.1) is 5.92 Å². The number of aliphatic carboxylic acids is 1. The van der Waals surface area contributed by atoms with Crippen LogP contribution in [-0.4, -0.2) is 29.7 Å². The van der Waals surface area contributed by atoms with Crippen molar-refractivity contribution in [1.29, 1.82) is 0 Å². The summed E-state index contributed by atoms with van der Waals surface area (Å²) in [5.74, 6) is -0.0891. The van der Waals surface area contributed by atoms with Gasteiger partial charge in [-0.1, -0.05) is 65.4 Å². The number of hydrogen-bond donors (Lipinski definition) is 2. The minimum absolute atomic E-state index is 0.0247. The Balaban J connectivity index is 1.92. The third-order valence-electron chi connectivity index (χ3n) is 6.92. The zero-order chi connectivity index (χ0) is 21.5. The van der Waals surface area contributed by atoms with E-state index in [1.165, 1.54) is 75.6 Å². The van der Waals surface area contributed by atoms with Crippen molar-refractivity contribution in [2.24, 2.45) is 5.92 Å². The van der Waals surface area contributed by atoms with Gasteiger partial charge in [0.2, 0.25) is 0 Å². The molecule has 4 nitrogen and oxygen atoms in total. The Morgan fingerprint density at radius 2 is 1.67 bits per heavy atom. The average molecular weight is 415 g/mol. The molecule has 0 heterocycles. The second-order valence-electron chi connectivity index (χ2n) is 10.1. The number of anilines is 2. The van der Waals surface area contributed by atoms with Crippen LogP contribution in [0.3, 0.4) is 0 Å². The minimum Gasteiger partial charge on any atom is -0.481 e. The van der Waals surface area contributed by atoms with E-state index in [0.29, 0.717) is 18.0 Å². The second-order valence-corrected chi connectivity index (χ2v) is 10.1. The van der Waals surface area contributed by atoms with E-state index in [1.807, 2.05) is 6.92 Å². The Morgan fingerprint density at radius 1 is 1.03 bits per heavy atom. The normalized spacial score (nSPS) is 19.6. The first-order chi connectivity index (χ1) is 14.4. The Bertz CT molecular complexity index is 676. The SMILES string of the molecule is CC(C)CN(c1ccc([C@H](C)CC(=O)O)cc1NC1CCCCC1)C1CCCCC1. The first-order valence-corrected chi connectivity index (χ1v) is 12.3. The molecule has 1 aromatic carbocycles. The fourth-order valence-corrected chi connectivity index (χ4v) is 5.30. The maximum atomic E-state index is 11.3. The van der Waals surface area contributed by atoms with E-state index in [9.17, 15) is 9.90 Å². The van der Waals surface area contributed by atoms with Gasteiger partial charge in [0.25, 0.3) is 0 Å². The molecular weight excluding hydrogens is 372 g/mol. The van der Waals surface area contributed by atoms with Crippen LogP contribution < -0.4 is 10.2 Å². The van der Waals surface area contributed by atoms with Gasteiger partial charge in [0.15, 0.2) is 0 Å². The zero-order valence-electron chi connectivity index (χ0n) is 19.3. The van der Waals surface area contributed by atoms with E-state index in [4.69, 9.17) is 0 Å². The maximum absolute atomic E-state index is 11.3. The third kappa shape index (κ3) is 6.39. The molecule has 2 N–H and O–H groups in total. The molecule has 0 unspecified atom stereocenters. The highest BCUT2D eigenvalue weighted by Crippen LogP contribution is 2.37. The molecule has 0 amide bonds. The predicted molar refractivity (Wildman–Crippen MR) is 127 cm³/mol. The van der Waals surface area contributed by atoms with Gasteiger partial charge in [-0.05, 0) is 55.2 Å². The van der Waals surface area contributed by atoms with Crippen molar-refractivity contribution >= 4 is 17.3 Å². The van der Waals surface area contributed by atoms with Crippen LogP contribution in [0.25, 0.3) is 0 Å². The molecule has 2 fully saturated rings. The molecule has 0 spiro atoms. The summed E-state index contributed by atoms with van der Waals surface area (Å²) in [7, 11) is 0. The van der Waals surface area contributed by atoms with Gasteiger partial charge in [-0.2, -0.15) is 0 Å². The van der Waals surface area contributed by atoms with E-state index < -0.39 is 5.97 Å². The molecule has 2 aliphatic rings. The lowest BCUT2D eigenvalue weighted by Crippen LogP contribution is -2.40. The van der Waals surface area contributed by atoms with Gasteiger partial charge in [-0.15, -0.1) is 0 Å². The lowest BCUT2D eigenvalue weighted by Gasteiger charge is -2.39.